The molecule has 0 aromatic heterocycles. The Bertz CT molecular complexity index is 588. The van der Waals surface area contributed by atoms with Crippen molar-refractivity contribution < 1.29 is 4.79 Å². The topological polar surface area (TPSA) is 41.1 Å². The van der Waals surface area contributed by atoms with Crippen LogP contribution < -0.4 is 10.6 Å². The number of hydrogen-bond donors (Lipinski definition) is 2. The van der Waals surface area contributed by atoms with Gasteiger partial charge in [-0.15, -0.1) is 0 Å². The van der Waals surface area contributed by atoms with E-state index in [0.717, 1.165) is 26.1 Å². The van der Waals surface area contributed by atoms with E-state index in [0.29, 0.717) is 0 Å². The minimum absolute atomic E-state index is 0.0474. The van der Waals surface area contributed by atoms with Gasteiger partial charge in [-0.2, -0.15) is 0 Å². The van der Waals surface area contributed by atoms with E-state index in [1.807, 2.05) is 56.3 Å². The van der Waals surface area contributed by atoms with Gasteiger partial charge >= 0.3 is 0 Å². The molecule has 2 aromatic rings. The van der Waals surface area contributed by atoms with E-state index in [-0.39, 0.29) is 12.5 Å². The van der Waals surface area contributed by atoms with Crippen molar-refractivity contribution in [1.29, 1.82) is 0 Å². The molecule has 0 spiro atoms. The van der Waals surface area contributed by atoms with E-state index < -0.39 is 0 Å². The molecular weight excluding hydrogens is 363 g/mol. The maximum Gasteiger partial charge on any atom is 0.243 e. The predicted octanol–water partition coefficient (Wildman–Crippen LogP) is 3.96. The number of carbonyl (C=O) groups excluding carboxylic acids is 1. The summed E-state index contributed by atoms with van der Waals surface area (Å²) < 4.78 is 1.15. The Labute approximate surface area is 132 Å². The molecule has 0 unspecified atom stereocenters. The van der Waals surface area contributed by atoms with Gasteiger partial charge in [0.25, 0.3) is 0 Å². The number of amides is 1. The van der Waals surface area contributed by atoms with Crippen LogP contribution in [0.5, 0.6) is 0 Å². The number of halogens is 1. The molecule has 2 rings (SSSR count). The molecule has 0 aliphatic rings. The fourth-order valence-electron chi connectivity index (χ4n) is 2.00. The molecule has 4 heteroatoms. The summed E-state index contributed by atoms with van der Waals surface area (Å²) in [5.41, 5.74) is 4.14. The van der Waals surface area contributed by atoms with E-state index >= 15 is 0 Å². The molecule has 0 aliphatic heterocycles. The van der Waals surface area contributed by atoms with Crippen LogP contribution in [-0.4, -0.2) is 12.5 Å². The monoisotopic (exact) mass is 380 g/mol. The molecule has 0 bridgehead atoms. The summed E-state index contributed by atoms with van der Waals surface area (Å²) in [7, 11) is 0. The van der Waals surface area contributed by atoms with Crippen molar-refractivity contribution >= 4 is 39.9 Å². The van der Waals surface area contributed by atoms with Crippen LogP contribution in [0.1, 0.15) is 11.1 Å². The number of para-hydroxylation sites is 1. The average Bonchev–Trinajstić information content (AvgIpc) is 2.41. The fraction of sp³-hybridized carbons (Fsp3) is 0.188. The maximum absolute atomic E-state index is 11.9. The van der Waals surface area contributed by atoms with E-state index in [1.165, 1.54) is 0 Å². The van der Waals surface area contributed by atoms with Gasteiger partial charge in [0.15, 0.2) is 0 Å². The standard InChI is InChI=1S/C16H17IN2O/c1-11-4-3-5-12(2)16(11)18-10-15(20)19-14-8-6-13(17)7-9-14/h3-9,18H,10H2,1-2H3,(H,19,20). The number of carbonyl (C=O) groups is 1. The highest BCUT2D eigenvalue weighted by atomic mass is 127. The summed E-state index contributed by atoms with van der Waals surface area (Å²) in [4.78, 5) is 11.9. The largest absolute Gasteiger partial charge is 0.376 e. The molecule has 1 amide bonds. The summed E-state index contributed by atoms with van der Waals surface area (Å²) in [6, 6.07) is 13.8. The van der Waals surface area contributed by atoms with Crippen LogP contribution in [0.2, 0.25) is 0 Å². The van der Waals surface area contributed by atoms with Crippen molar-refractivity contribution in [3.05, 3.63) is 57.2 Å². The van der Waals surface area contributed by atoms with Crippen molar-refractivity contribution in [3.63, 3.8) is 0 Å². The molecule has 0 fully saturated rings. The van der Waals surface area contributed by atoms with Crippen LogP contribution in [-0.2, 0) is 4.79 Å². The number of anilines is 2. The summed E-state index contributed by atoms with van der Waals surface area (Å²) in [6.07, 6.45) is 0. The second-order valence-corrected chi connectivity index (χ2v) is 5.92. The van der Waals surface area contributed by atoms with E-state index in [1.54, 1.807) is 0 Å². The molecule has 0 atom stereocenters. The van der Waals surface area contributed by atoms with Crippen molar-refractivity contribution in [2.75, 3.05) is 17.2 Å². The first kappa shape index (κ1) is 14.8. The van der Waals surface area contributed by atoms with Crippen LogP contribution in [0.3, 0.4) is 0 Å². The van der Waals surface area contributed by atoms with Gasteiger partial charge in [0.1, 0.15) is 0 Å². The Hall–Kier alpha value is -1.56. The first-order valence-corrected chi connectivity index (χ1v) is 7.49. The molecule has 3 nitrogen and oxygen atoms in total. The first-order valence-electron chi connectivity index (χ1n) is 6.42. The van der Waals surface area contributed by atoms with Gasteiger partial charge in [0.05, 0.1) is 6.54 Å². The highest BCUT2D eigenvalue weighted by molar-refractivity contribution is 14.1. The van der Waals surface area contributed by atoms with Crippen LogP contribution in [0.25, 0.3) is 0 Å². The van der Waals surface area contributed by atoms with E-state index in [2.05, 4.69) is 33.2 Å². The molecular formula is C16H17IN2O. The van der Waals surface area contributed by atoms with Gasteiger partial charge < -0.3 is 10.6 Å². The lowest BCUT2D eigenvalue weighted by molar-refractivity contribution is -0.114. The lowest BCUT2D eigenvalue weighted by atomic mass is 10.1. The number of nitrogens with one attached hydrogen (secondary N) is 2. The third-order valence-electron chi connectivity index (χ3n) is 3.03. The molecule has 2 aromatic carbocycles. The Morgan fingerprint density at radius 1 is 1.05 bits per heavy atom. The maximum atomic E-state index is 11.9. The molecule has 2 N–H and O–H groups in total. The lowest BCUT2D eigenvalue weighted by Crippen LogP contribution is -2.22. The summed E-state index contributed by atoms with van der Waals surface area (Å²) in [6.45, 7) is 4.33. The second kappa shape index (κ2) is 6.74. The molecule has 0 heterocycles. The SMILES string of the molecule is Cc1cccc(C)c1NCC(=O)Nc1ccc(I)cc1. The molecule has 104 valence electrons. The Balaban J connectivity index is 1.94. The van der Waals surface area contributed by atoms with Crippen LogP contribution in [0.15, 0.2) is 42.5 Å². The highest BCUT2D eigenvalue weighted by Gasteiger charge is 2.05. The number of aryl methyl sites for hydroxylation is 2. The van der Waals surface area contributed by atoms with Gasteiger partial charge in [-0.05, 0) is 71.8 Å². The molecule has 0 radical (unpaired) electrons. The number of hydrogen-bond acceptors (Lipinski definition) is 2. The Morgan fingerprint density at radius 2 is 1.65 bits per heavy atom. The summed E-state index contributed by atoms with van der Waals surface area (Å²) in [5.74, 6) is -0.0474. The van der Waals surface area contributed by atoms with Gasteiger partial charge in [0.2, 0.25) is 5.91 Å². The Kier molecular flexibility index (Phi) is 5.00. The highest BCUT2D eigenvalue weighted by Crippen LogP contribution is 2.19. The van der Waals surface area contributed by atoms with Gasteiger partial charge in [0, 0.05) is 14.9 Å². The quantitative estimate of drug-likeness (QED) is 0.789. The predicted molar refractivity (Wildman–Crippen MR) is 92.2 cm³/mol. The molecule has 0 saturated carbocycles. The number of benzene rings is 2. The Morgan fingerprint density at radius 3 is 2.25 bits per heavy atom. The fourth-order valence-corrected chi connectivity index (χ4v) is 2.36. The third kappa shape index (κ3) is 3.96. The molecule has 20 heavy (non-hydrogen) atoms. The first-order chi connectivity index (χ1) is 9.56. The molecule has 0 saturated heterocycles. The van der Waals surface area contributed by atoms with Crippen molar-refractivity contribution in [1.82, 2.24) is 0 Å². The zero-order valence-corrected chi connectivity index (χ0v) is 13.7. The minimum Gasteiger partial charge on any atom is -0.376 e. The summed E-state index contributed by atoms with van der Waals surface area (Å²) >= 11 is 2.24. The number of rotatable bonds is 4. The van der Waals surface area contributed by atoms with Crippen LogP contribution in [0.4, 0.5) is 11.4 Å². The van der Waals surface area contributed by atoms with E-state index in [9.17, 15) is 4.79 Å². The second-order valence-electron chi connectivity index (χ2n) is 4.68. The van der Waals surface area contributed by atoms with Crippen LogP contribution in [0, 0.1) is 17.4 Å². The lowest BCUT2D eigenvalue weighted by Gasteiger charge is -2.12. The zero-order chi connectivity index (χ0) is 14.5. The third-order valence-corrected chi connectivity index (χ3v) is 3.75. The average molecular weight is 380 g/mol. The van der Waals surface area contributed by atoms with E-state index in [4.69, 9.17) is 0 Å². The van der Waals surface area contributed by atoms with Crippen LogP contribution >= 0.6 is 22.6 Å². The van der Waals surface area contributed by atoms with Gasteiger partial charge in [-0.1, -0.05) is 18.2 Å². The summed E-state index contributed by atoms with van der Waals surface area (Å²) in [5, 5.41) is 6.07. The van der Waals surface area contributed by atoms with Gasteiger partial charge in [-0.3, -0.25) is 4.79 Å². The van der Waals surface area contributed by atoms with Crippen molar-refractivity contribution in [3.8, 4) is 0 Å². The molecule has 0 aliphatic carbocycles. The van der Waals surface area contributed by atoms with Crippen molar-refractivity contribution in [2.45, 2.75) is 13.8 Å². The smallest absolute Gasteiger partial charge is 0.243 e. The minimum atomic E-state index is -0.0474. The van der Waals surface area contributed by atoms with Crippen molar-refractivity contribution in [2.24, 2.45) is 0 Å². The zero-order valence-electron chi connectivity index (χ0n) is 11.5. The normalized spacial score (nSPS) is 10.2. The van der Waals surface area contributed by atoms with Gasteiger partial charge in [-0.25, -0.2) is 0 Å².